The maximum atomic E-state index is 12.4. The number of thioether (sulfide) groups is 1. The Bertz CT molecular complexity index is 883. The fourth-order valence-electron chi connectivity index (χ4n) is 2.73. The van der Waals surface area contributed by atoms with E-state index in [1.54, 1.807) is 11.9 Å². The third kappa shape index (κ3) is 3.70. The maximum absolute atomic E-state index is 12.4. The molecule has 0 N–H and O–H groups in total. The normalized spacial score (nSPS) is 19.5. The second-order valence-corrected chi connectivity index (χ2v) is 9.15. The number of hydrogen-bond donors (Lipinski definition) is 0. The number of aryl methyl sites for hydroxylation is 1. The molecule has 3 rings (SSSR count). The zero-order valence-corrected chi connectivity index (χ0v) is 15.2. The number of benzene rings is 1. The Kier molecular flexibility index (Phi) is 4.78. The monoisotopic (exact) mass is 365 g/mol. The van der Waals surface area contributed by atoms with Crippen LogP contribution in [-0.2, 0) is 14.6 Å². The lowest BCUT2D eigenvalue weighted by Crippen LogP contribution is -2.38. The maximum Gasteiger partial charge on any atom is 0.233 e. The van der Waals surface area contributed by atoms with Crippen LogP contribution < -0.4 is 0 Å². The van der Waals surface area contributed by atoms with Crippen molar-refractivity contribution in [2.45, 2.75) is 24.4 Å². The van der Waals surface area contributed by atoms with Gasteiger partial charge in [0.1, 0.15) is 5.03 Å². The van der Waals surface area contributed by atoms with Gasteiger partial charge < -0.3 is 4.90 Å². The molecule has 6 nitrogen and oxygen atoms in total. The van der Waals surface area contributed by atoms with Gasteiger partial charge in [-0.2, -0.15) is 0 Å². The first-order chi connectivity index (χ1) is 11.4. The molecule has 8 heteroatoms. The molecular weight excluding hydrogens is 346 g/mol. The minimum atomic E-state index is -3.00. The summed E-state index contributed by atoms with van der Waals surface area (Å²) in [7, 11) is -1.32. The van der Waals surface area contributed by atoms with Gasteiger partial charge in [0, 0.05) is 13.1 Å². The summed E-state index contributed by atoms with van der Waals surface area (Å²) in [5.74, 6) is 0.365. The molecule has 1 aliphatic rings. The molecule has 1 saturated heterocycles. The number of carbonyl (C=O) groups excluding carboxylic acids is 1. The highest BCUT2D eigenvalue weighted by atomic mass is 32.2. The molecule has 1 aliphatic heterocycles. The molecule has 1 aromatic carbocycles. The Morgan fingerprint density at radius 1 is 1.29 bits per heavy atom. The average molecular weight is 365 g/mol. The van der Waals surface area contributed by atoms with E-state index in [0.29, 0.717) is 6.42 Å². The van der Waals surface area contributed by atoms with Gasteiger partial charge in [-0.1, -0.05) is 23.9 Å². The fraction of sp³-hybridized carbons (Fsp3) is 0.438. The van der Waals surface area contributed by atoms with Crippen LogP contribution in [0.15, 0.2) is 29.3 Å². The van der Waals surface area contributed by atoms with E-state index in [1.807, 2.05) is 31.2 Å². The predicted molar refractivity (Wildman–Crippen MR) is 94.8 cm³/mol. The molecule has 1 atom stereocenters. The van der Waals surface area contributed by atoms with Gasteiger partial charge in [-0.15, -0.1) is 0 Å². The van der Waals surface area contributed by atoms with Crippen LogP contribution in [0.1, 0.15) is 12.1 Å². The number of hydrogen-bond acceptors (Lipinski definition) is 6. The van der Waals surface area contributed by atoms with Crippen molar-refractivity contribution >= 4 is 38.5 Å². The summed E-state index contributed by atoms with van der Waals surface area (Å²) in [5.41, 5.74) is 2.42. The van der Waals surface area contributed by atoms with Crippen LogP contribution in [0.3, 0.4) is 0 Å². The molecule has 1 unspecified atom stereocenters. The van der Waals surface area contributed by atoms with E-state index in [2.05, 4.69) is 9.97 Å². The van der Waals surface area contributed by atoms with E-state index in [-0.39, 0.29) is 29.2 Å². The van der Waals surface area contributed by atoms with Gasteiger partial charge in [0.2, 0.25) is 5.91 Å². The number of nitrogens with zero attached hydrogens (tertiary/aromatic N) is 3. The van der Waals surface area contributed by atoms with Gasteiger partial charge in [0.25, 0.3) is 0 Å². The highest BCUT2D eigenvalue weighted by Crippen LogP contribution is 2.23. The van der Waals surface area contributed by atoms with Gasteiger partial charge in [-0.05, 0) is 25.5 Å². The summed E-state index contributed by atoms with van der Waals surface area (Å²) in [6, 6.07) is 7.40. The summed E-state index contributed by atoms with van der Waals surface area (Å²) in [6.45, 7) is 1.87. The third-order valence-electron chi connectivity index (χ3n) is 4.18. The molecule has 0 aliphatic carbocycles. The zero-order valence-electron chi connectivity index (χ0n) is 13.6. The third-order valence-corrected chi connectivity index (χ3v) is 6.99. The second-order valence-electron chi connectivity index (χ2n) is 5.95. The summed E-state index contributed by atoms with van der Waals surface area (Å²) >= 11 is 1.34. The Balaban J connectivity index is 1.67. The van der Waals surface area contributed by atoms with Crippen LogP contribution in [0.5, 0.6) is 0 Å². The highest BCUT2D eigenvalue weighted by molar-refractivity contribution is 7.99. The van der Waals surface area contributed by atoms with Crippen molar-refractivity contribution < 1.29 is 13.2 Å². The molecule has 24 heavy (non-hydrogen) atoms. The number of carbonyl (C=O) groups is 1. The van der Waals surface area contributed by atoms with Crippen molar-refractivity contribution in [3.05, 3.63) is 30.0 Å². The van der Waals surface area contributed by atoms with Gasteiger partial charge in [0.05, 0.1) is 34.0 Å². The first kappa shape index (κ1) is 17.2. The number of para-hydroxylation sites is 2. The van der Waals surface area contributed by atoms with Gasteiger partial charge in [-0.3, -0.25) is 4.79 Å². The molecule has 2 heterocycles. The Morgan fingerprint density at radius 3 is 2.58 bits per heavy atom. The van der Waals surface area contributed by atoms with Crippen LogP contribution in [0.2, 0.25) is 0 Å². The molecule has 1 aromatic heterocycles. The quantitative estimate of drug-likeness (QED) is 0.767. The van der Waals surface area contributed by atoms with Crippen molar-refractivity contribution in [2.24, 2.45) is 0 Å². The SMILES string of the molecule is Cc1nc2ccccc2nc1SCC(=O)N(C)C1CCS(=O)(=O)C1. The molecule has 1 fully saturated rings. The molecule has 1 amide bonds. The molecule has 128 valence electrons. The van der Waals surface area contributed by atoms with Gasteiger partial charge >= 0.3 is 0 Å². The number of fused-ring (bicyclic) bond motifs is 1. The van der Waals surface area contributed by atoms with Crippen LogP contribution in [0, 0.1) is 6.92 Å². The topological polar surface area (TPSA) is 80.2 Å². The predicted octanol–water partition coefficient (Wildman–Crippen LogP) is 1.68. The van der Waals surface area contributed by atoms with E-state index in [4.69, 9.17) is 0 Å². The molecule has 0 spiro atoms. The second kappa shape index (κ2) is 6.68. The minimum absolute atomic E-state index is 0.0642. The number of sulfone groups is 1. The fourth-order valence-corrected chi connectivity index (χ4v) is 5.38. The number of aromatic nitrogens is 2. The van der Waals surface area contributed by atoms with Crippen LogP contribution in [-0.4, -0.2) is 59.5 Å². The molecule has 0 saturated carbocycles. The molecule has 0 radical (unpaired) electrons. The van der Waals surface area contributed by atoms with Gasteiger partial charge in [0.15, 0.2) is 9.84 Å². The lowest BCUT2D eigenvalue weighted by Gasteiger charge is -2.23. The standard InChI is InChI=1S/C16H19N3O3S2/c1-11-16(18-14-6-4-3-5-13(14)17-11)23-9-15(20)19(2)12-7-8-24(21,22)10-12/h3-6,12H,7-10H2,1-2H3. The number of amides is 1. The van der Waals surface area contributed by atoms with E-state index in [1.165, 1.54) is 11.8 Å². The Labute approximate surface area is 145 Å². The van der Waals surface area contributed by atoms with Crippen molar-refractivity contribution in [2.75, 3.05) is 24.3 Å². The first-order valence-electron chi connectivity index (χ1n) is 7.68. The van der Waals surface area contributed by atoms with E-state index < -0.39 is 9.84 Å². The number of rotatable bonds is 4. The van der Waals surface area contributed by atoms with Crippen molar-refractivity contribution in [3.63, 3.8) is 0 Å². The van der Waals surface area contributed by atoms with Gasteiger partial charge in [-0.25, -0.2) is 18.4 Å². The Hall–Kier alpha value is -1.67. The molecule has 0 bridgehead atoms. The van der Waals surface area contributed by atoms with Crippen molar-refractivity contribution in [1.29, 1.82) is 0 Å². The van der Waals surface area contributed by atoms with E-state index >= 15 is 0 Å². The van der Waals surface area contributed by atoms with Crippen LogP contribution in [0.4, 0.5) is 0 Å². The largest absolute Gasteiger partial charge is 0.341 e. The summed E-state index contributed by atoms with van der Waals surface area (Å²) in [6.07, 6.45) is 0.518. The molecular formula is C16H19N3O3S2. The van der Waals surface area contributed by atoms with Crippen molar-refractivity contribution in [3.8, 4) is 0 Å². The summed E-state index contributed by atoms with van der Waals surface area (Å²) in [5, 5.41) is 0.731. The van der Waals surface area contributed by atoms with E-state index in [9.17, 15) is 13.2 Å². The van der Waals surface area contributed by atoms with E-state index in [0.717, 1.165) is 21.8 Å². The molecule has 2 aromatic rings. The summed E-state index contributed by atoms with van der Waals surface area (Å²) in [4.78, 5) is 23.0. The van der Waals surface area contributed by atoms with Crippen molar-refractivity contribution in [1.82, 2.24) is 14.9 Å². The smallest absolute Gasteiger partial charge is 0.233 e. The minimum Gasteiger partial charge on any atom is -0.341 e. The lowest BCUT2D eigenvalue weighted by molar-refractivity contribution is -0.128. The zero-order chi connectivity index (χ0) is 17.3. The lowest BCUT2D eigenvalue weighted by atomic mass is 10.2. The highest BCUT2D eigenvalue weighted by Gasteiger charge is 2.32. The average Bonchev–Trinajstić information content (AvgIpc) is 2.91. The summed E-state index contributed by atoms with van der Waals surface area (Å²) < 4.78 is 23.1. The first-order valence-corrected chi connectivity index (χ1v) is 10.5. The van der Waals surface area contributed by atoms with Crippen LogP contribution >= 0.6 is 11.8 Å². The Morgan fingerprint density at radius 2 is 1.96 bits per heavy atom. The van der Waals surface area contributed by atoms with Crippen LogP contribution in [0.25, 0.3) is 11.0 Å².